The third-order valence-corrected chi connectivity index (χ3v) is 5.02. The summed E-state index contributed by atoms with van der Waals surface area (Å²) in [6.07, 6.45) is 3.22. The van der Waals surface area contributed by atoms with E-state index >= 15 is 0 Å². The molecular formula is C24H20FN3O4. The van der Waals surface area contributed by atoms with Gasteiger partial charge in [-0.2, -0.15) is 0 Å². The summed E-state index contributed by atoms with van der Waals surface area (Å²) in [7, 11) is 3.00. The number of pyridine rings is 1. The molecule has 1 aliphatic heterocycles. The minimum atomic E-state index is -0.493. The highest BCUT2D eigenvalue weighted by Crippen LogP contribution is 2.36. The van der Waals surface area contributed by atoms with Crippen molar-refractivity contribution in [3.05, 3.63) is 89.6 Å². The van der Waals surface area contributed by atoms with Gasteiger partial charge in [-0.05, 0) is 53.6 Å². The monoisotopic (exact) mass is 433 g/mol. The standard InChI is InChI=1S/C24H20FN3O4/c1-31-19-10-5-16(12-20(19)32-2)21-22(27-18-8-6-17(25)7-9-18)24(30)28(23(21)29)14-15-4-3-11-26-13-15/h3-13,27H,14H2,1-2H3. The van der Waals surface area contributed by atoms with Gasteiger partial charge in [-0.15, -0.1) is 0 Å². The molecule has 3 aromatic rings. The molecule has 1 N–H and O–H groups in total. The van der Waals surface area contributed by atoms with Gasteiger partial charge in [0.1, 0.15) is 11.5 Å². The van der Waals surface area contributed by atoms with Crippen LogP contribution in [0.1, 0.15) is 11.1 Å². The van der Waals surface area contributed by atoms with Crippen LogP contribution in [0.2, 0.25) is 0 Å². The maximum Gasteiger partial charge on any atom is 0.278 e. The number of carbonyl (C=O) groups excluding carboxylic acids is 2. The van der Waals surface area contributed by atoms with Gasteiger partial charge in [0.05, 0.1) is 26.3 Å². The predicted octanol–water partition coefficient (Wildman–Crippen LogP) is 3.63. The van der Waals surface area contributed by atoms with Crippen molar-refractivity contribution in [2.24, 2.45) is 0 Å². The number of amides is 2. The summed E-state index contributed by atoms with van der Waals surface area (Å²) < 4.78 is 24.0. The van der Waals surface area contributed by atoms with Crippen LogP contribution in [0.3, 0.4) is 0 Å². The quantitative estimate of drug-likeness (QED) is 0.573. The van der Waals surface area contributed by atoms with Crippen LogP contribution in [0, 0.1) is 5.82 Å². The lowest BCUT2D eigenvalue weighted by Gasteiger charge is -2.15. The van der Waals surface area contributed by atoms with Crippen molar-refractivity contribution in [3.8, 4) is 11.5 Å². The first kappa shape index (κ1) is 21.0. The van der Waals surface area contributed by atoms with Crippen LogP contribution in [-0.2, 0) is 16.1 Å². The Kier molecular flexibility index (Phi) is 5.85. The first-order valence-corrected chi connectivity index (χ1v) is 9.76. The number of imide groups is 1. The van der Waals surface area contributed by atoms with Crippen molar-refractivity contribution in [2.75, 3.05) is 19.5 Å². The lowest BCUT2D eigenvalue weighted by molar-refractivity contribution is -0.137. The van der Waals surface area contributed by atoms with E-state index in [1.54, 1.807) is 42.7 Å². The number of carbonyl (C=O) groups is 2. The number of nitrogens with zero attached hydrogens (tertiary/aromatic N) is 2. The fourth-order valence-corrected chi connectivity index (χ4v) is 3.45. The zero-order valence-corrected chi connectivity index (χ0v) is 17.5. The molecule has 0 bridgehead atoms. The van der Waals surface area contributed by atoms with Gasteiger partial charge >= 0.3 is 0 Å². The van der Waals surface area contributed by atoms with Gasteiger partial charge in [0.15, 0.2) is 11.5 Å². The first-order chi connectivity index (χ1) is 15.5. The smallest absolute Gasteiger partial charge is 0.278 e. The Bertz CT molecular complexity index is 1190. The van der Waals surface area contributed by atoms with Crippen molar-refractivity contribution < 1.29 is 23.5 Å². The van der Waals surface area contributed by atoms with Crippen molar-refractivity contribution in [2.45, 2.75) is 6.54 Å². The van der Waals surface area contributed by atoms with Crippen LogP contribution in [0.15, 0.2) is 72.7 Å². The highest BCUT2D eigenvalue weighted by atomic mass is 19.1. The van der Waals surface area contributed by atoms with Crippen LogP contribution >= 0.6 is 0 Å². The predicted molar refractivity (Wildman–Crippen MR) is 116 cm³/mol. The number of methoxy groups -OCH3 is 2. The Morgan fingerprint density at radius 2 is 1.72 bits per heavy atom. The van der Waals surface area contributed by atoms with Gasteiger partial charge < -0.3 is 14.8 Å². The SMILES string of the molecule is COc1ccc(C2=C(Nc3ccc(F)cc3)C(=O)N(Cc3cccnc3)C2=O)cc1OC. The van der Waals surface area contributed by atoms with Gasteiger partial charge in [-0.3, -0.25) is 19.5 Å². The Hall–Kier alpha value is -4.20. The zero-order valence-electron chi connectivity index (χ0n) is 17.5. The van der Waals surface area contributed by atoms with Gasteiger partial charge in [-0.1, -0.05) is 12.1 Å². The van der Waals surface area contributed by atoms with E-state index in [1.165, 1.54) is 38.5 Å². The lowest BCUT2D eigenvalue weighted by Crippen LogP contribution is -2.32. The maximum atomic E-state index is 13.4. The summed E-state index contributed by atoms with van der Waals surface area (Å²) in [6, 6.07) is 14.0. The van der Waals surface area contributed by atoms with E-state index in [9.17, 15) is 14.0 Å². The number of hydrogen-bond donors (Lipinski definition) is 1. The number of nitrogens with one attached hydrogen (secondary N) is 1. The molecule has 162 valence electrons. The van der Waals surface area contributed by atoms with E-state index in [2.05, 4.69) is 10.3 Å². The van der Waals surface area contributed by atoms with Crippen molar-refractivity contribution in [1.82, 2.24) is 9.88 Å². The molecule has 7 nitrogen and oxygen atoms in total. The van der Waals surface area contributed by atoms with Crippen LogP contribution in [0.25, 0.3) is 5.57 Å². The average Bonchev–Trinajstić information content (AvgIpc) is 3.05. The minimum absolute atomic E-state index is 0.0664. The molecule has 0 aliphatic carbocycles. The number of aromatic nitrogens is 1. The molecule has 4 rings (SSSR count). The molecular weight excluding hydrogens is 413 g/mol. The largest absolute Gasteiger partial charge is 0.493 e. The van der Waals surface area contributed by atoms with E-state index in [4.69, 9.17) is 9.47 Å². The number of hydrogen-bond acceptors (Lipinski definition) is 6. The molecule has 2 aromatic carbocycles. The Morgan fingerprint density at radius 1 is 0.969 bits per heavy atom. The molecule has 0 radical (unpaired) electrons. The number of benzene rings is 2. The van der Waals surface area contributed by atoms with Gasteiger partial charge in [0.2, 0.25) is 0 Å². The van der Waals surface area contributed by atoms with Crippen molar-refractivity contribution in [1.29, 1.82) is 0 Å². The van der Waals surface area contributed by atoms with Crippen molar-refractivity contribution >= 4 is 23.1 Å². The number of halogens is 1. The molecule has 0 spiro atoms. The van der Waals surface area contributed by atoms with Gasteiger partial charge in [-0.25, -0.2) is 4.39 Å². The maximum absolute atomic E-state index is 13.4. The molecule has 0 fully saturated rings. The van der Waals surface area contributed by atoms with E-state index in [-0.39, 0.29) is 17.8 Å². The second-order valence-corrected chi connectivity index (χ2v) is 7.01. The minimum Gasteiger partial charge on any atom is -0.493 e. The Labute approximate surface area is 184 Å². The highest BCUT2D eigenvalue weighted by Gasteiger charge is 2.39. The van der Waals surface area contributed by atoms with E-state index in [0.29, 0.717) is 28.3 Å². The fourth-order valence-electron chi connectivity index (χ4n) is 3.45. The number of ether oxygens (including phenoxy) is 2. The summed E-state index contributed by atoms with van der Waals surface area (Å²) in [6.45, 7) is 0.0664. The first-order valence-electron chi connectivity index (χ1n) is 9.76. The van der Waals surface area contributed by atoms with E-state index < -0.39 is 17.6 Å². The molecule has 2 heterocycles. The van der Waals surface area contributed by atoms with Gasteiger partial charge in [0.25, 0.3) is 11.8 Å². The summed E-state index contributed by atoms with van der Waals surface area (Å²) in [5.74, 6) is -0.446. The summed E-state index contributed by atoms with van der Waals surface area (Å²) >= 11 is 0. The Balaban J connectivity index is 1.78. The molecule has 0 unspecified atom stereocenters. The molecule has 0 saturated carbocycles. The van der Waals surface area contributed by atoms with Crippen LogP contribution in [-0.4, -0.2) is 35.9 Å². The lowest BCUT2D eigenvalue weighted by atomic mass is 10.0. The van der Waals surface area contributed by atoms with Crippen molar-refractivity contribution in [3.63, 3.8) is 0 Å². The van der Waals surface area contributed by atoms with Crippen LogP contribution in [0.5, 0.6) is 11.5 Å². The highest BCUT2D eigenvalue weighted by molar-refractivity contribution is 6.36. The molecule has 8 heteroatoms. The summed E-state index contributed by atoms with van der Waals surface area (Å²) in [4.78, 5) is 31.9. The third-order valence-electron chi connectivity index (χ3n) is 5.02. The average molecular weight is 433 g/mol. The summed E-state index contributed by atoms with van der Waals surface area (Å²) in [5.41, 5.74) is 1.95. The normalized spacial score (nSPS) is 13.5. The molecule has 1 aliphatic rings. The number of rotatable bonds is 7. The fraction of sp³-hybridized carbons (Fsp3) is 0.125. The molecule has 1 aromatic heterocycles. The van der Waals surface area contributed by atoms with Crippen LogP contribution < -0.4 is 14.8 Å². The zero-order chi connectivity index (χ0) is 22.7. The molecule has 2 amide bonds. The second-order valence-electron chi connectivity index (χ2n) is 7.01. The number of anilines is 1. The topological polar surface area (TPSA) is 80.8 Å². The van der Waals surface area contributed by atoms with E-state index in [1.807, 2.05) is 0 Å². The van der Waals surface area contributed by atoms with Gasteiger partial charge in [0, 0.05) is 18.1 Å². The van der Waals surface area contributed by atoms with Crippen LogP contribution in [0.4, 0.5) is 10.1 Å². The van der Waals surface area contributed by atoms with E-state index in [0.717, 1.165) is 4.90 Å². The molecule has 32 heavy (non-hydrogen) atoms. The Morgan fingerprint density at radius 3 is 2.38 bits per heavy atom. The summed E-state index contributed by atoms with van der Waals surface area (Å²) in [5, 5.41) is 2.99. The molecule has 0 atom stereocenters. The third kappa shape index (κ3) is 4.02. The second kappa shape index (κ2) is 8.89. The molecule has 0 saturated heterocycles.